The first-order chi connectivity index (χ1) is 18.8. The number of ether oxygens (including phenoxy) is 1. The van der Waals surface area contributed by atoms with Crippen molar-refractivity contribution in [3.05, 3.63) is 64.8 Å². The summed E-state index contributed by atoms with van der Waals surface area (Å²) in [5.74, 6) is 0.799. The number of H-pyrrole nitrogens is 1. The summed E-state index contributed by atoms with van der Waals surface area (Å²) in [6, 6.07) is 14.6. The van der Waals surface area contributed by atoms with E-state index in [-0.39, 0.29) is 42.9 Å². The number of methoxy groups -OCH3 is 1. The van der Waals surface area contributed by atoms with Crippen molar-refractivity contribution in [2.24, 2.45) is 11.3 Å². The lowest BCUT2D eigenvalue weighted by molar-refractivity contribution is -0.0298. The number of halogens is 1. The molecule has 3 heterocycles. The Bertz CT molecular complexity index is 1420. The van der Waals surface area contributed by atoms with Crippen LogP contribution in [-0.2, 0) is 6.54 Å². The summed E-state index contributed by atoms with van der Waals surface area (Å²) in [4.78, 5) is 18.6. The third kappa shape index (κ3) is 4.79. The first-order valence-corrected chi connectivity index (χ1v) is 13.9. The Kier molecular flexibility index (Phi) is 6.60. The molecular formula is C31H36FN5O2. The Labute approximate surface area is 228 Å². The van der Waals surface area contributed by atoms with Gasteiger partial charge in [0.1, 0.15) is 5.75 Å². The predicted octanol–water partition coefficient (Wildman–Crippen LogP) is 4.78. The zero-order valence-electron chi connectivity index (χ0n) is 22.6. The van der Waals surface area contributed by atoms with Gasteiger partial charge in [0.2, 0.25) is 0 Å². The van der Waals surface area contributed by atoms with Crippen LogP contribution in [0.3, 0.4) is 0 Å². The standard InChI is InChI=1S/C31H36FN5O2/c1-20-11-27(39-2)25(24-7-9-35-28(20)24)16-37-10-8-30(12-21(13-30)15-33)14-26(37)22-3-5-23(6-4-22)29(38)36-19-31(32)17-34-18-31/h3-7,9,11,21,26,34-35H,8,10,12-14,16-19H2,1-2H3,(H,36,38)/t21?,26-,30?/m0/s1. The van der Waals surface area contributed by atoms with Crippen molar-refractivity contribution in [2.45, 2.75) is 50.9 Å². The number of carbonyl (C=O) groups excluding carboxylic acids is 1. The van der Waals surface area contributed by atoms with E-state index in [1.807, 2.05) is 30.5 Å². The second kappa shape index (κ2) is 9.96. The highest BCUT2D eigenvalue weighted by molar-refractivity contribution is 5.94. The Morgan fingerprint density at radius 3 is 2.67 bits per heavy atom. The molecule has 204 valence electrons. The molecule has 1 aromatic heterocycles. The van der Waals surface area contributed by atoms with Gasteiger partial charge in [-0.15, -0.1) is 0 Å². The van der Waals surface area contributed by atoms with Crippen molar-refractivity contribution in [2.75, 3.05) is 33.3 Å². The molecule has 3 N–H and O–H groups in total. The topological polar surface area (TPSA) is 93.2 Å². The molecule has 0 unspecified atom stereocenters. The van der Waals surface area contributed by atoms with Gasteiger partial charge in [0.05, 0.1) is 19.7 Å². The fraction of sp³-hybridized carbons (Fsp3) is 0.484. The van der Waals surface area contributed by atoms with Gasteiger partial charge < -0.3 is 20.4 Å². The lowest BCUT2D eigenvalue weighted by atomic mass is 9.56. The van der Waals surface area contributed by atoms with Crippen LogP contribution in [0.4, 0.5) is 4.39 Å². The van der Waals surface area contributed by atoms with Crippen LogP contribution in [0.5, 0.6) is 5.75 Å². The number of hydrogen-bond donors (Lipinski definition) is 3. The Balaban J connectivity index is 1.26. The van der Waals surface area contributed by atoms with Crippen molar-refractivity contribution in [1.29, 1.82) is 5.26 Å². The number of nitrogens with one attached hydrogen (secondary N) is 3. The van der Waals surface area contributed by atoms with Gasteiger partial charge in [-0.25, -0.2) is 4.39 Å². The second-order valence-corrected chi connectivity index (χ2v) is 11.9. The van der Waals surface area contributed by atoms with E-state index >= 15 is 0 Å². The molecule has 1 amide bonds. The Morgan fingerprint density at radius 1 is 1.23 bits per heavy atom. The number of rotatable bonds is 7. The van der Waals surface area contributed by atoms with Crippen molar-refractivity contribution in [3.8, 4) is 11.8 Å². The molecule has 1 atom stereocenters. The predicted molar refractivity (Wildman–Crippen MR) is 148 cm³/mol. The van der Waals surface area contributed by atoms with Crippen LogP contribution < -0.4 is 15.4 Å². The molecule has 3 fully saturated rings. The highest BCUT2D eigenvalue weighted by Crippen LogP contribution is 2.56. The van der Waals surface area contributed by atoms with E-state index in [0.29, 0.717) is 5.56 Å². The van der Waals surface area contributed by atoms with Crippen molar-refractivity contribution >= 4 is 16.8 Å². The molecule has 3 aromatic rings. The van der Waals surface area contributed by atoms with E-state index in [2.05, 4.69) is 45.6 Å². The third-order valence-electron chi connectivity index (χ3n) is 9.24. The maximum atomic E-state index is 14.3. The zero-order chi connectivity index (χ0) is 27.2. The molecule has 2 aliphatic heterocycles. The quantitative estimate of drug-likeness (QED) is 0.410. The number of aromatic nitrogens is 1. The molecule has 1 spiro atoms. The van der Waals surface area contributed by atoms with E-state index in [4.69, 9.17) is 4.74 Å². The monoisotopic (exact) mass is 529 g/mol. The third-order valence-corrected chi connectivity index (χ3v) is 9.24. The Morgan fingerprint density at radius 2 is 2.00 bits per heavy atom. The van der Waals surface area contributed by atoms with E-state index in [9.17, 15) is 14.4 Å². The minimum atomic E-state index is -1.35. The van der Waals surface area contributed by atoms with Crippen LogP contribution in [0.2, 0.25) is 0 Å². The van der Waals surface area contributed by atoms with Crippen LogP contribution in [0.15, 0.2) is 42.6 Å². The maximum absolute atomic E-state index is 14.3. The minimum absolute atomic E-state index is 0.0194. The number of aryl methyl sites for hydroxylation is 1. The van der Waals surface area contributed by atoms with Crippen LogP contribution in [0, 0.1) is 29.6 Å². The van der Waals surface area contributed by atoms with Crippen molar-refractivity contribution in [3.63, 3.8) is 0 Å². The molecule has 3 aliphatic rings. The lowest BCUT2D eigenvalue weighted by Crippen LogP contribution is -2.61. The number of likely N-dealkylation sites (tertiary alicyclic amines) is 1. The zero-order valence-corrected chi connectivity index (χ0v) is 22.6. The first-order valence-electron chi connectivity index (χ1n) is 13.9. The van der Waals surface area contributed by atoms with E-state index < -0.39 is 5.67 Å². The van der Waals surface area contributed by atoms with Crippen LogP contribution >= 0.6 is 0 Å². The summed E-state index contributed by atoms with van der Waals surface area (Å²) in [6.45, 7) is 4.34. The average molecular weight is 530 g/mol. The van der Waals surface area contributed by atoms with Gasteiger partial charge in [0.25, 0.3) is 5.91 Å². The molecule has 39 heavy (non-hydrogen) atoms. The number of nitriles is 1. The molecule has 1 aliphatic carbocycles. The summed E-state index contributed by atoms with van der Waals surface area (Å²) < 4.78 is 20.2. The average Bonchev–Trinajstić information content (AvgIpc) is 3.42. The van der Waals surface area contributed by atoms with Gasteiger partial charge in [-0.3, -0.25) is 9.69 Å². The van der Waals surface area contributed by atoms with Gasteiger partial charge in [-0.05, 0) is 80.0 Å². The SMILES string of the molecule is COc1cc(C)c2[nH]ccc2c1CN1CCC2(CC(C#N)C2)C[C@H]1c1ccc(C(=O)NCC2(F)CNC2)cc1. The molecule has 6 rings (SSSR count). The first kappa shape index (κ1) is 25.8. The molecule has 7 nitrogen and oxygen atoms in total. The number of benzene rings is 2. The number of hydrogen-bond acceptors (Lipinski definition) is 5. The van der Waals surface area contributed by atoms with Crippen LogP contribution in [-0.4, -0.2) is 54.7 Å². The fourth-order valence-corrected chi connectivity index (χ4v) is 6.85. The molecule has 0 radical (unpaired) electrons. The summed E-state index contributed by atoms with van der Waals surface area (Å²) in [7, 11) is 1.73. The molecule has 1 saturated carbocycles. The van der Waals surface area contributed by atoms with Gasteiger partial charge in [-0.2, -0.15) is 5.26 Å². The number of aromatic amines is 1. The van der Waals surface area contributed by atoms with E-state index in [1.54, 1.807) is 7.11 Å². The number of amides is 1. The minimum Gasteiger partial charge on any atom is -0.496 e. The summed E-state index contributed by atoms with van der Waals surface area (Å²) >= 11 is 0. The highest BCUT2D eigenvalue weighted by Gasteiger charge is 2.49. The smallest absolute Gasteiger partial charge is 0.251 e. The van der Waals surface area contributed by atoms with Gasteiger partial charge in [0, 0.05) is 59.8 Å². The van der Waals surface area contributed by atoms with E-state index in [1.165, 1.54) is 10.9 Å². The Hall–Kier alpha value is -3.41. The number of carbonyl (C=O) groups is 1. The maximum Gasteiger partial charge on any atom is 0.251 e. The van der Waals surface area contributed by atoms with Crippen LogP contribution in [0.25, 0.3) is 10.9 Å². The summed E-state index contributed by atoms with van der Waals surface area (Å²) in [5, 5.41) is 16.3. The second-order valence-electron chi connectivity index (χ2n) is 11.9. The van der Waals surface area contributed by atoms with Gasteiger partial charge >= 0.3 is 0 Å². The lowest BCUT2D eigenvalue weighted by Gasteiger charge is -2.53. The van der Waals surface area contributed by atoms with Crippen LogP contribution in [0.1, 0.15) is 58.8 Å². The molecular weight excluding hydrogens is 493 g/mol. The molecule has 2 aromatic carbocycles. The largest absolute Gasteiger partial charge is 0.496 e. The molecule has 2 saturated heterocycles. The van der Waals surface area contributed by atoms with E-state index in [0.717, 1.165) is 61.2 Å². The summed E-state index contributed by atoms with van der Waals surface area (Å²) in [6.07, 6.45) is 5.97. The number of piperidine rings is 1. The molecule has 8 heteroatoms. The number of nitrogens with zero attached hydrogens (tertiary/aromatic N) is 2. The molecule has 0 bridgehead atoms. The highest BCUT2D eigenvalue weighted by atomic mass is 19.1. The number of fused-ring (bicyclic) bond motifs is 1. The fourth-order valence-electron chi connectivity index (χ4n) is 6.85. The normalized spacial score (nSPS) is 26.0. The van der Waals surface area contributed by atoms with Gasteiger partial charge in [0.15, 0.2) is 5.67 Å². The summed E-state index contributed by atoms with van der Waals surface area (Å²) in [5.41, 5.74) is 4.01. The van der Waals surface area contributed by atoms with Crippen molar-refractivity contribution < 1.29 is 13.9 Å². The number of alkyl halides is 1. The van der Waals surface area contributed by atoms with Crippen molar-refractivity contribution in [1.82, 2.24) is 20.5 Å². The van der Waals surface area contributed by atoms with Gasteiger partial charge in [-0.1, -0.05) is 12.1 Å².